The number of aliphatic hydroxyl groups excluding tert-OH is 1. The van der Waals surface area contributed by atoms with Crippen molar-refractivity contribution in [3.05, 3.63) is 64.1 Å². The van der Waals surface area contributed by atoms with Crippen LogP contribution in [0.5, 0.6) is 5.75 Å². The number of pyridine rings is 1. The number of aromatic nitrogens is 1. The summed E-state index contributed by atoms with van der Waals surface area (Å²) in [4.78, 5) is 28.0. The molecule has 0 radical (unpaired) electrons. The minimum atomic E-state index is -0.953. The normalized spacial score (nSPS) is 15.6. The molecular weight excluding hydrogens is 322 g/mol. The summed E-state index contributed by atoms with van der Waals surface area (Å²) in [6.45, 7) is 2.07. The van der Waals surface area contributed by atoms with E-state index in [0.29, 0.717) is 25.4 Å². The predicted octanol–water partition coefficient (Wildman–Crippen LogP) is 0.419. The van der Waals surface area contributed by atoms with Gasteiger partial charge in [0.25, 0.3) is 0 Å². The molecule has 1 aliphatic heterocycles. The number of benzene rings is 1. The largest absolute Gasteiger partial charge is 0.492 e. The molecular formula is C18H21N3O4. The maximum Gasteiger partial charge on any atom is 0.248 e. The van der Waals surface area contributed by atoms with E-state index in [1.807, 2.05) is 29.2 Å². The smallest absolute Gasteiger partial charge is 0.248 e. The first-order valence-corrected chi connectivity index (χ1v) is 8.19. The van der Waals surface area contributed by atoms with Gasteiger partial charge in [-0.05, 0) is 12.1 Å². The van der Waals surface area contributed by atoms with Gasteiger partial charge in [0, 0.05) is 37.0 Å². The van der Waals surface area contributed by atoms with Gasteiger partial charge in [-0.1, -0.05) is 24.3 Å². The van der Waals surface area contributed by atoms with Gasteiger partial charge in [-0.15, -0.1) is 0 Å². The molecule has 1 aromatic heterocycles. The van der Waals surface area contributed by atoms with Crippen LogP contribution >= 0.6 is 0 Å². The lowest BCUT2D eigenvalue weighted by atomic mass is 10.2. The number of hydrogen-bond donors (Lipinski definition) is 3. The number of fused-ring (bicyclic) bond motifs is 1. The highest BCUT2D eigenvalue weighted by molar-refractivity contribution is 5.78. The van der Waals surface area contributed by atoms with Crippen LogP contribution in [0.4, 0.5) is 0 Å². The zero-order valence-electron chi connectivity index (χ0n) is 13.8. The van der Waals surface area contributed by atoms with E-state index in [4.69, 9.17) is 4.74 Å². The summed E-state index contributed by atoms with van der Waals surface area (Å²) >= 11 is 0. The highest BCUT2D eigenvalue weighted by atomic mass is 16.5. The maximum absolute atomic E-state index is 12.2. The first-order valence-electron chi connectivity index (χ1n) is 8.19. The first-order chi connectivity index (χ1) is 12.1. The van der Waals surface area contributed by atoms with Gasteiger partial charge in [0.05, 0.1) is 6.54 Å². The van der Waals surface area contributed by atoms with Crippen LogP contribution in [0.15, 0.2) is 47.3 Å². The number of aliphatic hydroxyl groups is 1. The summed E-state index contributed by atoms with van der Waals surface area (Å²) in [6.07, 6.45) is -0.953. The van der Waals surface area contributed by atoms with Gasteiger partial charge in [0.1, 0.15) is 18.5 Å². The van der Waals surface area contributed by atoms with Crippen LogP contribution in [0, 0.1) is 0 Å². The second kappa shape index (κ2) is 7.96. The predicted molar refractivity (Wildman–Crippen MR) is 92.2 cm³/mol. The standard InChI is InChI=1S/C18H21N3O4/c22-15(14-5-3-7-17(23)20-14)10-19-18(24)12-21-8-9-25-16-6-2-1-4-13(16)11-21/h1-7,15,22H,8-12H2,(H,19,24)(H,20,23). The van der Waals surface area contributed by atoms with Gasteiger partial charge in [0.15, 0.2) is 0 Å². The summed E-state index contributed by atoms with van der Waals surface area (Å²) in [7, 11) is 0. The average molecular weight is 343 g/mol. The van der Waals surface area contributed by atoms with Crippen molar-refractivity contribution in [2.75, 3.05) is 26.2 Å². The van der Waals surface area contributed by atoms with E-state index in [-0.39, 0.29) is 24.6 Å². The van der Waals surface area contributed by atoms with Crippen molar-refractivity contribution in [2.24, 2.45) is 0 Å². The molecule has 7 heteroatoms. The fourth-order valence-corrected chi connectivity index (χ4v) is 2.75. The third-order valence-corrected chi connectivity index (χ3v) is 4.04. The van der Waals surface area contributed by atoms with Gasteiger partial charge in [-0.2, -0.15) is 0 Å². The van der Waals surface area contributed by atoms with Gasteiger partial charge in [-0.3, -0.25) is 14.5 Å². The number of aromatic amines is 1. The van der Waals surface area contributed by atoms with Gasteiger partial charge >= 0.3 is 0 Å². The zero-order valence-corrected chi connectivity index (χ0v) is 13.8. The molecule has 132 valence electrons. The lowest BCUT2D eigenvalue weighted by molar-refractivity contribution is -0.122. The molecule has 0 saturated heterocycles. The molecule has 0 bridgehead atoms. The van der Waals surface area contributed by atoms with Gasteiger partial charge in [0.2, 0.25) is 11.5 Å². The van der Waals surface area contributed by atoms with E-state index < -0.39 is 6.10 Å². The molecule has 7 nitrogen and oxygen atoms in total. The zero-order chi connectivity index (χ0) is 17.6. The summed E-state index contributed by atoms with van der Waals surface area (Å²) in [6, 6.07) is 12.3. The number of nitrogens with zero attached hydrogens (tertiary/aromatic N) is 1. The molecule has 0 fully saturated rings. The van der Waals surface area contributed by atoms with Crippen LogP contribution in [0.3, 0.4) is 0 Å². The Morgan fingerprint density at radius 3 is 2.96 bits per heavy atom. The second-order valence-corrected chi connectivity index (χ2v) is 5.96. The molecule has 1 aromatic carbocycles. The van der Waals surface area contributed by atoms with Crippen molar-refractivity contribution in [3.63, 3.8) is 0 Å². The second-order valence-electron chi connectivity index (χ2n) is 5.96. The number of ether oxygens (including phenoxy) is 1. The third kappa shape index (κ3) is 4.68. The number of H-pyrrole nitrogens is 1. The number of para-hydroxylation sites is 1. The number of rotatable bonds is 5. The molecule has 0 aliphatic carbocycles. The van der Waals surface area contributed by atoms with E-state index >= 15 is 0 Å². The Hall–Kier alpha value is -2.64. The Labute approximate surface area is 145 Å². The SMILES string of the molecule is O=C(CN1CCOc2ccccc2C1)NCC(O)c1cccc(=O)[nH]1. The minimum absolute atomic E-state index is 0.0414. The van der Waals surface area contributed by atoms with Crippen LogP contribution in [-0.2, 0) is 11.3 Å². The van der Waals surface area contributed by atoms with E-state index in [0.717, 1.165) is 11.3 Å². The van der Waals surface area contributed by atoms with E-state index in [1.165, 1.54) is 6.07 Å². The molecule has 3 N–H and O–H groups in total. The quantitative estimate of drug-likeness (QED) is 0.731. The Balaban J connectivity index is 1.52. The lowest BCUT2D eigenvalue weighted by Gasteiger charge is -2.19. The highest BCUT2D eigenvalue weighted by Gasteiger charge is 2.18. The number of nitrogens with one attached hydrogen (secondary N) is 2. The van der Waals surface area contributed by atoms with Crippen LogP contribution in [0.2, 0.25) is 0 Å². The molecule has 25 heavy (non-hydrogen) atoms. The number of amides is 1. The lowest BCUT2D eigenvalue weighted by Crippen LogP contribution is -2.39. The summed E-state index contributed by atoms with van der Waals surface area (Å²) in [5, 5.41) is 12.8. The molecule has 2 aromatic rings. The van der Waals surface area contributed by atoms with E-state index in [9.17, 15) is 14.7 Å². The summed E-state index contributed by atoms with van der Waals surface area (Å²) < 4.78 is 5.68. The topological polar surface area (TPSA) is 94.7 Å². The molecule has 1 atom stereocenters. The van der Waals surface area contributed by atoms with Crippen molar-refractivity contribution in [2.45, 2.75) is 12.6 Å². The Morgan fingerprint density at radius 2 is 2.12 bits per heavy atom. The van der Waals surface area contributed by atoms with Crippen LogP contribution < -0.4 is 15.6 Å². The monoisotopic (exact) mass is 343 g/mol. The van der Waals surface area contributed by atoms with Gasteiger partial charge in [-0.25, -0.2) is 0 Å². The average Bonchev–Trinajstić information content (AvgIpc) is 2.81. The molecule has 3 rings (SSSR count). The summed E-state index contributed by atoms with van der Waals surface area (Å²) in [5.41, 5.74) is 1.14. The van der Waals surface area contributed by atoms with Crippen molar-refractivity contribution in [1.29, 1.82) is 0 Å². The number of carbonyl (C=O) groups is 1. The highest BCUT2D eigenvalue weighted by Crippen LogP contribution is 2.22. The molecule has 2 heterocycles. The van der Waals surface area contributed by atoms with Crippen LogP contribution in [-0.4, -0.2) is 47.1 Å². The molecule has 0 spiro atoms. The molecule has 0 saturated carbocycles. The van der Waals surface area contributed by atoms with Gasteiger partial charge < -0.3 is 20.1 Å². The van der Waals surface area contributed by atoms with Crippen LogP contribution in [0.1, 0.15) is 17.4 Å². The Kier molecular flexibility index (Phi) is 5.47. The molecule has 1 unspecified atom stereocenters. The third-order valence-electron chi connectivity index (χ3n) is 4.04. The first kappa shape index (κ1) is 17.2. The fraction of sp³-hybridized carbons (Fsp3) is 0.333. The number of carbonyl (C=O) groups excluding carboxylic acids is 1. The van der Waals surface area contributed by atoms with Crippen molar-refractivity contribution in [1.82, 2.24) is 15.2 Å². The fourth-order valence-electron chi connectivity index (χ4n) is 2.75. The molecule has 1 aliphatic rings. The summed E-state index contributed by atoms with van der Waals surface area (Å²) in [5.74, 6) is 0.672. The van der Waals surface area contributed by atoms with E-state index in [1.54, 1.807) is 12.1 Å². The minimum Gasteiger partial charge on any atom is -0.492 e. The molecule has 1 amide bonds. The Bertz CT molecular complexity index is 790. The maximum atomic E-state index is 12.2. The number of hydrogen-bond acceptors (Lipinski definition) is 5. The van der Waals surface area contributed by atoms with Crippen molar-refractivity contribution >= 4 is 5.91 Å². The van der Waals surface area contributed by atoms with Crippen molar-refractivity contribution < 1.29 is 14.6 Å². The van der Waals surface area contributed by atoms with Crippen molar-refractivity contribution in [3.8, 4) is 5.75 Å². The van der Waals surface area contributed by atoms with Crippen LogP contribution in [0.25, 0.3) is 0 Å². The van der Waals surface area contributed by atoms with E-state index in [2.05, 4.69) is 10.3 Å². The Morgan fingerprint density at radius 1 is 1.28 bits per heavy atom.